The first kappa shape index (κ1) is 17.8. The van der Waals surface area contributed by atoms with E-state index in [1.54, 1.807) is 6.07 Å². The van der Waals surface area contributed by atoms with Gasteiger partial charge in [0.15, 0.2) is 0 Å². The summed E-state index contributed by atoms with van der Waals surface area (Å²) >= 11 is 0. The Labute approximate surface area is 159 Å². The summed E-state index contributed by atoms with van der Waals surface area (Å²) in [6, 6.07) is 15.9. The third kappa shape index (κ3) is 3.76. The Morgan fingerprint density at radius 2 is 1.85 bits per heavy atom. The van der Waals surface area contributed by atoms with E-state index in [0.29, 0.717) is 25.1 Å². The molecule has 1 N–H and O–H groups in total. The van der Waals surface area contributed by atoms with Crippen molar-refractivity contribution in [3.05, 3.63) is 75.6 Å². The normalized spacial score (nSPS) is 14.3. The van der Waals surface area contributed by atoms with E-state index >= 15 is 0 Å². The molecule has 1 heterocycles. The van der Waals surface area contributed by atoms with Crippen molar-refractivity contribution in [1.29, 1.82) is 0 Å². The van der Waals surface area contributed by atoms with Crippen molar-refractivity contribution in [2.45, 2.75) is 45.3 Å². The van der Waals surface area contributed by atoms with Gasteiger partial charge in [0, 0.05) is 30.2 Å². The number of hydrogen-bond donors (Lipinski definition) is 1. The van der Waals surface area contributed by atoms with Gasteiger partial charge in [0.1, 0.15) is 5.58 Å². The van der Waals surface area contributed by atoms with Crippen LogP contribution in [-0.2, 0) is 19.4 Å². The molecule has 1 aliphatic carbocycles. The Bertz CT molecular complexity index is 994. The lowest BCUT2D eigenvalue weighted by atomic mass is 10.0. The van der Waals surface area contributed by atoms with Crippen LogP contribution < -0.4 is 10.5 Å². The van der Waals surface area contributed by atoms with Gasteiger partial charge in [0.05, 0.1) is 6.10 Å². The summed E-state index contributed by atoms with van der Waals surface area (Å²) in [7, 11) is 0. The van der Waals surface area contributed by atoms with Gasteiger partial charge in [-0.25, -0.2) is 4.79 Å². The van der Waals surface area contributed by atoms with Crippen molar-refractivity contribution in [1.82, 2.24) is 0 Å². The van der Waals surface area contributed by atoms with Gasteiger partial charge in [-0.15, -0.1) is 0 Å². The largest absolute Gasteiger partial charge is 0.423 e. The summed E-state index contributed by atoms with van der Waals surface area (Å²) in [5.41, 5.74) is 4.99. The fraction of sp³-hybridized carbons (Fsp3) is 0.348. The fourth-order valence-corrected chi connectivity index (χ4v) is 3.91. The van der Waals surface area contributed by atoms with Crippen LogP contribution in [0.3, 0.4) is 0 Å². The molecule has 140 valence electrons. The van der Waals surface area contributed by atoms with Gasteiger partial charge in [0.25, 0.3) is 0 Å². The highest BCUT2D eigenvalue weighted by Crippen LogP contribution is 2.29. The second kappa shape index (κ2) is 7.57. The van der Waals surface area contributed by atoms with Crippen LogP contribution in [0.4, 0.5) is 5.69 Å². The molecule has 3 aromatic rings. The van der Waals surface area contributed by atoms with E-state index in [4.69, 9.17) is 4.42 Å². The number of aliphatic hydroxyl groups excluding tert-OH is 1. The maximum absolute atomic E-state index is 12.2. The van der Waals surface area contributed by atoms with Crippen LogP contribution in [-0.4, -0.2) is 17.8 Å². The molecule has 1 aliphatic rings. The highest BCUT2D eigenvalue weighted by molar-refractivity contribution is 5.82. The second-order valence-corrected chi connectivity index (χ2v) is 7.34. The molecule has 0 fully saturated rings. The first-order chi connectivity index (χ1) is 13.1. The summed E-state index contributed by atoms with van der Waals surface area (Å²) in [4.78, 5) is 14.3. The molecular formula is C23H25NO3. The maximum Gasteiger partial charge on any atom is 0.336 e. The van der Waals surface area contributed by atoms with Gasteiger partial charge >= 0.3 is 5.63 Å². The van der Waals surface area contributed by atoms with E-state index in [9.17, 15) is 9.90 Å². The van der Waals surface area contributed by atoms with Crippen LogP contribution >= 0.6 is 0 Å². The molecule has 0 bridgehead atoms. The molecule has 0 saturated heterocycles. The third-order valence-corrected chi connectivity index (χ3v) is 5.43. The molecule has 4 rings (SSSR count). The highest BCUT2D eigenvalue weighted by atomic mass is 16.4. The lowest BCUT2D eigenvalue weighted by Gasteiger charge is -2.27. The van der Waals surface area contributed by atoms with Crippen LogP contribution in [0.25, 0.3) is 11.0 Å². The fourth-order valence-electron chi connectivity index (χ4n) is 3.91. The molecule has 0 amide bonds. The summed E-state index contributed by atoms with van der Waals surface area (Å²) in [6.45, 7) is 3.05. The van der Waals surface area contributed by atoms with Crippen molar-refractivity contribution in [2.75, 3.05) is 11.4 Å². The zero-order chi connectivity index (χ0) is 18.8. The SMILES string of the molecule is CCC(O)CN(Cc1cc(=O)oc2cc3c(cc12)CCC3)c1ccccc1. The number of hydrogen-bond acceptors (Lipinski definition) is 4. The monoisotopic (exact) mass is 363 g/mol. The Morgan fingerprint density at radius 1 is 1.11 bits per heavy atom. The number of aliphatic hydroxyl groups is 1. The molecule has 2 aromatic carbocycles. The maximum atomic E-state index is 12.2. The Morgan fingerprint density at radius 3 is 2.59 bits per heavy atom. The Hall–Kier alpha value is -2.59. The van der Waals surface area contributed by atoms with E-state index in [-0.39, 0.29) is 5.63 Å². The first-order valence-electron chi connectivity index (χ1n) is 9.70. The molecule has 4 nitrogen and oxygen atoms in total. The van der Waals surface area contributed by atoms with Gasteiger partial charge in [-0.2, -0.15) is 0 Å². The van der Waals surface area contributed by atoms with Gasteiger partial charge < -0.3 is 14.4 Å². The van der Waals surface area contributed by atoms with Gasteiger partial charge in [-0.05, 0) is 66.6 Å². The van der Waals surface area contributed by atoms with Crippen molar-refractivity contribution in [3.63, 3.8) is 0 Å². The van der Waals surface area contributed by atoms with Crippen molar-refractivity contribution in [3.8, 4) is 0 Å². The number of aryl methyl sites for hydroxylation is 2. The minimum atomic E-state index is -0.416. The lowest BCUT2D eigenvalue weighted by Crippen LogP contribution is -2.32. The summed E-state index contributed by atoms with van der Waals surface area (Å²) in [5, 5.41) is 11.2. The van der Waals surface area contributed by atoms with Gasteiger partial charge in [0.2, 0.25) is 0 Å². The molecule has 27 heavy (non-hydrogen) atoms. The quantitative estimate of drug-likeness (QED) is 0.671. The average Bonchev–Trinajstić information content (AvgIpc) is 3.13. The van der Waals surface area contributed by atoms with Crippen LogP contribution in [0.15, 0.2) is 57.7 Å². The number of nitrogens with zero attached hydrogens (tertiary/aromatic N) is 1. The first-order valence-corrected chi connectivity index (χ1v) is 9.70. The molecule has 4 heteroatoms. The summed E-state index contributed by atoms with van der Waals surface area (Å²) < 4.78 is 5.49. The molecule has 1 atom stereocenters. The molecule has 0 aliphatic heterocycles. The van der Waals surface area contributed by atoms with Crippen LogP contribution in [0.1, 0.15) is 36.5 Å². The zero-order valence-electron chi connectivity index (χ0n) is 15.6. The molecule has 0 spiro atoms. The Kier molecular flexibility index (Phi) is 4.99. The number of benzene rings is 2. The standard InChI is InChI=1S/C23H25NO3/c1-2-20(25)15-24(19-9-4-3-5-10-19)14-18-13-23(26)27-22-12-17-8-6-7-16(17)11-21(18)22/h3-5,9-13,20,25H,2,6-8,14-15H2,1H3. The van der Waals surface area contributed by atoms with Crippen LogP contribution in [0.5, 0.6) is 0 Å². The molecule has 0 radical (unpaired) electrons. The van der Waals surface area contributed by atoms with Gasteiger partial charge in [-0.3, -0.25) is 0 Å². The number of para-hydroxylation sites is 1. The molecular weight excluding hydrogens is 338 g/mol. The van der Waals surface area contributed by atoms with Crippen molar-refractivity contribution >= 4 is 16.7 Å². The van der Waals surface area contributed by atoms with E-state index in [0.717, 1.165) is 35.9 Å². The zero-order valence-corrected chi connectivity index (χ0v) is 15.6. The average molecular weight is 363 g/mol. The van der Waals surface area contributed by atoms with E-state index in [1.807, 2.05) is 43.3 Å². The van der Waals surface area contributed by atoms with E-state index in [2.05, 4.69) is 11.0 Å². The number of anilines is 1. The smallest absolute Gasteiger partial charge is 0.336 e. The summed E-state index contributed by atoms with van der Waals surface area (Å²) in [6.07, 6.45) is 3.57. The Balaban J connectivity index is 1.76. The summed E-state index contributed by atoms with van der Waals surface area (Å²) in [5.74, 6) is 0. The minimum absolute atomic E-state index is 0.320. The number of rotatable bonds is 6. The van der Waals surface area contributed by atoms with Crippen molar-refractivity contribution < 1.29 is 9.52 Å². The van der Waals surface area contributed by atoms with Gasteiger partial charge in [-0.1, -0.05) is 25.1 Å². The van der Waals surface area contributed by atoms with Crippen molar-refractivity contribution in [2.24, 2.45) is 0 Å². The third-order valence-electron chi connectivity index (χ3n) is 5.43. The van der Waals surface area contributed by atoms with E-state index in [1.165, 1.54) is 11.1 Å². The lowest BCUT2D eigenvalue weighted by molar-refractivity contribution is 0.175. The second-order valence-electron chi connectivity index (χ2n) is 7.34. The van der Waals surface area contributed by atoms with E-state index < -0.39 is 6.10 Å². The number of fused-ring (bicyclic) bond motifs is 2. The van der Waals surface area contributed by atoms with Crippen LogP contribution in [0.2, 0.25) is 0 Å². The van der Waals surface area contributed by atoms with Crippen LogP contribution in [0, 0.1) is 0 Å². The molecule has 0 saturated carbocycles. The predicted octanol–water partition coefficient (Wildman–Crippen LogP) is 4.06. The molecule has 1 aromatic heterocycles. The highest BCUT2D eigenvalue weighted by Gasteiger charge is 2.18. The minimum Gasteiger partial charge on any atom is -0.423 e. The molecule has 1 unspecified atom stereocenters. The topological polar surface area (TPSA) is 53.7 Å². The predicted molar refractivity (Wildman–Crippen MR) is 108 cm³/mol.